The van der Waals surface area contributed by atoms with Crippen molar-refractivity contribution < 1.29 is 27.8 Å². The third-order valence-electron chi connectivity index (χ3n) is 7.50. The van der Waals surface area contributed by atoms with E-state index in [-0.39, 0.29) is 23.9 Å². The standard InChI is InChI=1S/C33H41F2N7O4/c1-10-29(43)37-24-15-25(28(45-9)16-27(24)41(8)12-11-40(6)7)38-32-36-17-20(31(44)46-19(2)3)30(39-32)42-18-33(4,5)21-13-22(34)23(35)14-26(21)42/h10,13-17,19H,1,11-12,18H2,2-9H3,(H,37,43)(H,36,38,39). The molecule has 0 atom stereocenters. The Morgan fingerprint density at radius 1 is 1.11 bits per heavy atom. The van der Waals surface area contributed by atoms with Gasteiger partial charge in [-0.05, 0) is 51.7 Å². The Hall–Kier alpha value is -4.78. The number of anilines is 6. The molecule has 1 aliphatic heterocycles. The second-order valence-corrected chi connectivity index (χ2v) is 12.3. The zero-order valence-corrected chi connectivity index (χ0v) is 27.5. The number of methoxy groups -OCH3 is 1. The minimum absolute atomic E-state index is 0.0522. The molecule has 2 N–H and O–H groups in total. The number of fused-ring (bicyclic) bond motifs is 1. The van der Waals surface area contributed by atoms with Gasteiger partial charge in [-0.2, -0.15) is 4.98 Å². The number of hydrogen-bond acceptors (Lipinski definition) is 10. The van der Waals surface area contributed by atoms with Crippen molar-refractivity contribution in [3.05, 3.63) is 65.9 Å². The van der Waals surface area contributed by atoms with E-state index in [1.165, 1.54) is 25.4 Å². The number of likely N-dealkylation sites (N-methyl/N-ethyl adjacent to an activating group) is 2. The molecular weight excluding hydrogens is 596 g/mol. The Kier molecular flexibility index (Phi) is 10.1. The van der Waals surface area contributed by atoms with Crippen LogP contribution in [-0.2, 0) is 14.9 Å². The number of esters is 1. The van der Waals surface area contributed by atoms with E-state index in [9.17, 15) is 18.4 Å². The van der Waals surface area contributed by atoms with E-state index in [1.807, 2.05) is 44.8 Å². The van der Waals surface area contributed by atoms with E-state index < -0.39 is 35.0 Å². The van der Waals surface area contributed by atoms with Gasteiger partial charge in [-0.1, -0.05) is 20.4 Å². The van der Waals surface area contributed by atoms with Crippen LogP contribution < -0.4 is 25.2 Å². The van der Waals surface area contributed by atoms with Gasteiger partial charge in [-0.15, -0.1) is 0 Å². The molecule has 0 saturated carbocycles. The second-order valence-electron chi connectivity index (χ2n) is 12.3. The molecule has 246 valence electrons. The van der Waals surface area contributed by atoms with Crippen LogP contribution >= 0.6 is 0 Å². The lowest BCUT2D eigenvalue weighted by Gasteiger charge is -2.26. The summed E-state index contributed by atoms with van der Waals surface area (Å²) in [4.78, 5) is 40.4. The molecular formula is C33H41F2N7O4. The van der Waals surface area contributed by atoms with E-state index in [2.05, 4.69) is 22.2 Å². The quantitative estimate of drug-likeness (QED) is 0.192. The summed E-state index contributed by atoms with van der Waals surface area (Å²) in [7, 11) is 7.37. The summed E-state index contributed by atoms with van der Waals surface area (Å²) in [5.74, 6) is -2.37. The number of nitrogens with zero attached hydrogens (tertiary/aromatic N) is 5. The Bertz CT molecular complexity index is 1640. The van der Waals surface area contributed by atoms with Crippen molar-refractivity contribution in [1.82, 2.24) is 14.9 Å². The maximum Gasteiger partial charge on any atom is 0.343 e. The van der Waals surface area contributed by atoms with Gasteiger partial charge in [-0.3, -0.25) is 4.79 Å². The minimum Gasteiger partial charge on any atom is -0.494 e. The molecule has 2 heterocycles. The number of carbonyl (C=O) groups excluding carboxylic acids is 2. The first-order valence-electron chi connectivity index (χ1n) is 14.8. The molecule has 0 aliphatic carbocycles. The third-order valence-corrected chi connectivity index (χ3v) is 7.50. The van der Waals surface area contributed by atoms with E-state index in [4.69, 9.17) is 14.5 Å². The average molecular weight is 638 g/mol. The summed E-state index contributed by atoms with van der Waals surface area (Å²) in [6, 6.07) is 5.76. The smallest absolute Gasteiger partial charge is 0.343 e. The zero-order valence-electron chi connectivity index (χ0n) is 27.5. The molecule has 3 aromatic rings. The Balaban J connectivity index is 1.82. The van der Waals surface area contributed by atoms with Crippen LogP contribution in [0.4, 0.5) is 43.3 Å². The SMILES string of the molecule is C=CC(=O)Nc1cc(Nc2ncc(C(=O)OC(C)C)c(N3CC(C)(C)c4cc(F)c(F)cc43)n2)c(OC)cc1N(C)CCN(C)C. The normalized spacial score (nSPS) is 13.4. The van der Waals surface area contributed by atoms with Gasteiger partial charge >= 0.3 is 5.97 Å². The number of carbonyl (C=O) groups is 2. The topological polar surface area (TPSA) is 112 Å². The first kappa shape index (κ1) is 34.1. The Labute approximate surface area is 268 Å². The van der Waals surface area contributed by atoms with Crippen molar-refractivity contribution in [3.63, 3.8) is 0 Å². The second kappa shape index (κ2) is 13.7. The van der Waals surface area contributed by atoms with Crippen LogP contribution in [0.3, 0.4) is 0 Å². The van der Waals surface area contributed by atoms with Crippen molar-refractivity contribution in [1.29, 1.82) is 0 Å². The van der Waals surface area contributed by atoms with Crippen molar-refractivity contribution in [2.45, 2.75) is 39.2 Å². The fourth-order valence-corrected chi connectivity index (χ4v) is 5.14. The van der Waals surface area contributed by atoms with E-state index in [0.717, 1.165) is 12.6 Å². The predicted molar refractivity (Wildman–Crippen MR) is 176 cm³/mol. The number of rotatable bonds is 12. The summed E-state index contributed by atoms with van der Waals surface area (Å²) < 4.78 is 40.0. The van der Waals surface area contributed by atoms with Crippen molar-refractivity contribution in [2.24, 2.45) is 0 Å². The fourth-order valence-electron chi connectivity index (χ4n) is 5.14. The molecule has 1 aliphatic rings. The maximum absolute atomic E-state index is 14.5. The molecule has 0 saturated heterocycles. The predicted octanol–water partition coefficient (Wildman–Crippen LogP) is 5.62. The first-order valence-corrected chi connectivity index (χ1v) is 14.8. The Morgan fingerprint density at radius 3 is 2.43 bits per heavy atom. The monoisotopic (exact) mass is 637 g/mol. The van der Waals surface area contributed by atoms with Crippen LogP contribution in [0.2, 0.25) is 0 Å². The first-order chi connectivity index (χ1) is 21.6. The highest BCUT2D eigenvalue weighted by atomic mass is 19.2. The van der Waals surface area contributed by atoms with Crippen molar-refractivity contribution >= 4 is 46.4 Å². The van der Waals surface area contributed by atoms with Crippen LogP contribution in [-0.4, -0.2) is 80.7 Å². The third kappa shape index (κ3) is 7.36. The highest BCUT2D eigenvalue weighted by Gasteiger charge is 2.39. The molecule has 46 heavy (non-hydrogen) atoms. The summed E-state index contributed by atoms with van der Waals surface area (Å²) in [6.07, 6.45) is 2.08. The number of amides is 1. The molecule has 0 unspecified atom stereocenters. The zero-order chi connectivity index (χ0) is 33.9. The lowest BCUT2D eigenvalue weighted by Crippen LogP contribution is -2.29. The van der Waals surface area contributed by atoms with Gasteiger partial charge in [0.15, 0.2) is 17.5 Å². The molecule has 0 spiro atoms. The summed E-state index contributed by atoms with van der Waals surface area (Å²) in [5, 5.41) is 5.99. The molecule has 1 amide bonds. The van der Waals surface area contributed by atoms with Crippen LogP contribution in [0, 0.1) is 11.6 Å². The lowest BCUT2D eigenvalue weighted by molar-refractivity contribution is -0.111. The largest absolute Gasteiger partial charge is 0.494 e. The molecule has 0 bridgehead atoms. The molecule has 4 rings (SSSR count). The highest BCUT2D eigenvalue weighted by Crippen LogP contribution is 2.46. The molecule has 13 heteroatoms. The van der Waals surface area contributed by atoms with Crippen LogP contribution in [0.1, 0.15) is 43.6 Å². The van der Waals surface area contributed by atoms with Gasteiger partial charge in [0.2, 0.25) is 11.9 Å². The van der Waals surface area contributed by atoms with E-state index >= 15 is 0 Å². The number of halogens is 2. The van der Waals surface area contributed by atoms with Gasteiger partial charge in [0.25, 0.3) is 0 Å². The molecule has 1 aromatic heterocycles. The van der Waals surface area contributed by atoms with Gasteiger partial charge in [0, 0.05) is 56.1 Å². The summed E-state index contributed by atoms with van der Waals surface area (Å²) in [6.45, 7) is 12.5. The summed E-state index contributed by atoms with van der Waals surface area (Å²) >= 11 is 0. The van der Waals surface area contributed by atoms with Gasteiger partial charge in [-0.25, -0.2) is 18.6 Å². The van der Waals surface area contributed by atoms with E-state index in [1.54, 1.807) is 30.9 Å². The Morgan fingerprint density at radius 2 is 1.80 bits per heavy atom. The highest BCUT2D eigenvalue weighted by molar-refractivity contribution is 6.02. The van der Waals surface area contributed by atoms with Gasteiger partial charge < -0.3 is 34.8 Å². The summed E-state index contributed by atoms with van der Waals surface area (Å²) in [5.41, 5.74) is 2.02. The lowest BCUT2D eigenvalue weighted by atomic mass is 9.87. The van der Waals surface area contributed by atoms with E-state index in [0.29, 0.717) is 40.6 Å². The number of nitrogens with one attached hydrogen (secondary N) is 2. The van der Waals surface area contributed by atoms with Gasteiger partial charge in [0.05, 0.1) is 30.3 Å². The van der Waals surface area contributed by atoms with Gasteiger partial charge in [0.1, 0.15) is 11.3 Å². The average Bonchev–Trinajstić information content (AvgIpc) is 3.24. The van der Waals surface area contributed by atoms with Crippen LogP contribution in [0.25, 0.3) is 0 Å². The number of benzene rings is 2. The molecule has 2 aromatic carbocycles. The molecule has 11 nitrogen and oxygen atoms in total. The van der Waals surface area contributed by atoms with Crippen LogP contribution in [0.15, 0.2) is 43.1 Å². The van der Waals surface area contributed by atoms with Crippen LogP contribution in [0.5, 0.6) is 5.75 Å². The number of aromatic nitrogens is 2. The minimum atomic E-state index is -1.02. The molecule has 0 radical (unpaired) electrons. The fraction of sp³-hybridized carbons (Fsp3) is 0.394. The maximum atomic E-state index is 14.5. The molecule has 0 fully saturated rings. The number of hydrogen-bond donors (Lipinski definition) is 2. The van der Waals surface area contributed by atoms with Crippen molar-refractivity contribution in [3.8, 4) is 5.75 Å². The number of ether oxygens (including phenoxy) is 2. The van der Waals surface area contributed by atoms with Crippen molar-refractivity contribution in [2.75, 3.05) is 68.3 Å².